The van der Waals surface area contributed by atoms with Crippen molar-refractivity contribution in [2.24, 2.45) is 17.1 Å². The van der Waals surface area contributed by atoms with Crippen LogP contribution >= 0.6 is 0 Å². The lowest BCUT2D eigenvalue weighted by atomic mass is 9.67. The molecule has 1 aliphatic rings. The average molecular weight is 249 g/mol. The van der Waals surface area contributed by atoms with Crippen molar-refractivity contribution in [3.63, 3.8) is 0 Å². The lowest BCUT2D eigenvalue weighted by molar-refractivity contribution is 0.153. The van der Waals surface area contributed by atoms with E-state index >= 15 is 0 Å². The first-order chi connectivity index (χ1) is 8.67. The van der Waals surface area contributed by atoms with Gasteiger partial charge in [-0.25, -0.2) is 4.39 Å². The van der Waals surface area contributed by atoms with Gasteiger partial charge < -0.3 is 5.73 Å². The summed E-state index contributed by atoms with van der Waals surface area (Å²) in [4.78, 5) is 0. The Labute approximate surface area is 110 Å². The van der Waals surface area contributed by atoms with Gasteiger partial charge in [-0.3, -0.25) is 0 Å². The van der Waals surface area contributed by atoms with Gasteiger partial charge >= 0.3 is 0 Å². The van der Waals surface area contributed by atoms with E-state index in [4.69, 9.17) is 5.73 Å². The lowest BCUT2D eigenvalue weighted by Gasteiger charge is -2.39. The number of benzene rings is 1. The van der Waals surface area contributed by atoms with Gasteiger partial charge in [-0.1, -0.05) is 25.5 Å². The second-order valence-electron chi connectivity index (χ2n) is 5.86. The molecule has 1 nitrogen and oxygen atoms in total. The van der Waals surface area contributed by atoms with E-state index in [1.54, 1.807) is 12.1 Å². The van der Waals surface area contributed by atoms with Gasteiger partial charge in [0.2, 0.25) is 0 Å². The molecular weight excluding hydrogens is 225 g/mol. The summed E-state index contributed by atoms with van der Waals surface area (Å²) in [7, 11) is 0. The zero-order valence-corrected chi connectivity index (χ0v) is 11.3. The largest absolute Gasteiger partial charge is 0.330 e. The summed E-state index contributed by atoms with van der Waals surface area (Å²) in [6.45, 7) is 3.03. The van der Waals surface area contributed by atoms with Crippen molar-refractivity contribution < 1.29 is 4.39 Å². The van der Waals surface area contributed by atoms with Crippen molar-refractivity contribution in [2.75, 3.05) is 6.54 Å². The van der Waals surface area contributed by atoms with E-state index in [2.05, 4.69) is 6.92 Å². The van der Waals surface area contributed by atoms with Crippen LogP contribution in [0.3, 0.4) is 0 Å². The molecule has 1 fully saturated rings. The van der Waals surface area contributed by atoms with E-state index in [1.165, 1.54) is 37.7 Å². The van der Waals surface area contributed by atoms with Crippen LogP contribution in [-0.2, 0) is 6.42 Å². The highest BCUT2D eigenvalue weighted by atomic mass is 19.1. The molecule has 2 N–H and O–H groups in total. The summed E-state index contributed by atoms with van der Waals surface area (Å²) < 4.78 is 12.9. The normalized spacial score (nSPS) is 28.3. The van der Waals surface area contributed by atoms with Crippen LogP contribution in [-0.4, -0.2) is 6.54 Å². The van der Waals surface area contributed by atoms with Gasteiger partial charge in [-0.2, -0.15) is 0 Å². The maximum Gasteiger partial charge on any atom is 0.123 e. The molecule has 1 aliphatic carbocycles. The zero-order chi connectivity index (χ0) is 13.0. The molecule has 0 unspecified atom stereocenters. The van der Waals surface area contributed by atoms with Gasteiger partial charge in [0.1, 0.15) is 5.82 Å². The summed E-state index contributed by atoms with van der Waals surface area (Å²) in [5, 5.41) is 0. The second kappa shape index (κ2) is 5.83. The van der Waals surface area contributed by atoms with Crippen LogP contribution in [0.4, 0.5) is 4.39 Å². The fraction of sp³-hybridized carbons (Fsp3) is 0.625. The van der Waals surface area contributed by atoms with Crippen LogP contribution in [0.15, 0.2) is 24.3 Å². The van der Waals surface area contributed by atoms with E-state index in [0.717, 1.165) is 18.9 Å². The highest BCUT2D eigenvalue weighted by molar-refractivity contribution is 5.18. The smallest absolute Gasteiger partial charge is 0.123 e. The molecule has 1 aromatic carbocycles. The Morgan fingerprint density at radius 3 is 2.33 bits per heavy atom. The Bertz CT molecular complexity index is 363. The Hall–Kier alpha value is -0.890. The van der Waals surface area contributed by atoms with Crippen molar-refractivity contribution >= 4 is 0 Å². The molecule has 0 aliphatic heterocycles. The van der Waals surface area contributed by atoms with E-state index in [9.17, 15) is 4.39 Å². The molecule has 0 saturated heterocycles. The minimum atomic E-state index is -0.157. The summed E-state index contributed by atoms with van der Waals surface area (Å²) in [6.07, 6.45) is 7.33. The predicted octanol–water partition coefficient (Wildman–Crippen LogP) is 3.91. The maximum atomic E-state index is 12.9. The monoisotopic (exact) mass is 249 g/mol. The van der Waals surface area contributed by atoms with Crippen molar-refractivity contribution in [3.8, 4) is 0 Å². The SMILES string of the molecule is CCC1CCC(CN)(Cc2ccc(F)cc2)CC1. The molecule has 2 heteroatoms. The van der Waals surface area contributed by atoms with E-state index < -0.39 is 0 Å². The van der Waals surface area contributed by atoms with Gasteiger partial charge in [-0.15, -0.1) is 0 Å². The molecule has 0 amide bonds. The topological polar surface area (TPSA) is 26.0 Å². The van der Waals surface area contributed by atoms with Crippen molar-refractivity contribution in [1.29, 1.82) is 0 Å². The molecule has 0 atom stereocenters. The Balaban J connectivity index is 2.03. The van der Waals surface area contributed by atoms with Gasteiger partial charge in [0.15, 0.2) is 0 Å². The Morgan fingerprint density at radius 1 is 1.22 bits per heavy atom. The highest BCUT2D eigenvalue weighted by Gasteiger charge is 2.33. The van der Waals surface area contributed by atoms with Crippen LogP contribution in [0, 0.1) is 17.2 Å². The highest BCUT2D eigenvalue weighted by Crippen LogP contribution is 2.41. The molecule has 0 spiro atoms. The lowest BCUT2D eigenvalue weighted by Crippen LogP contribution is -2.36. The molecule has 18 heavy (non-hydrogen) atoms. The average Bonchev–Trinajstić information content (AvgIpc) is 2.42. The minimum Gasteiger partial charge on any atom is -0.330 e. The van der Waals surface area contributed by atoms with Crippen molar-refractivity contribution in [2.45, 2.75) is 45.4 Å². The van der Waals surface area contributed by atoms with Gasteiger partial charge in [0.05, 0.1) is 0 Å². The van der Waals surface area contributed by atoms with Crippen LogP contribution in [0.25, 0.3) is 0 Å². The molecule has 1 aromatic rings. The number of hydrogen-bond donors (Lipinski definition) is 1. The molecule has 2 rings (SSSR count). The van der Waals surface area contributed by atoms with Crippen LogP contribution in [0.1, 0.15) is 44.6 Å². The first-order valence-corrected chi connectivity index (χ1v) is 7.12. The number of nitrogens with two attached hydrogens (primary N) is 1. The predicted molar refractivity (Wildman–Crippen MR) is 73.8 cm³/mol. The van der Waals surface area contributed by atoms with Crippen molar-refractivity contribution in [3.05, 3.63) is 35.6 Å². The summed E-state index contributed by atoms with van der Waals surface area (Å²) in [5.74, 6) is 0.730. The first kappa shape index (κ1) is 13.5. The third kappa shape index (κ3) is 3.11. The van der Waals surface area contributed by atoms with Crippen LogP contribution in [0.2, 0.25) is 0 Å². The second-order valence-corrected chi connectivity index (χ2v) is 5.86. The summed E-state index contributed by atoms with van der Waals surface area (Å²) >= 11 is 0. The molecule has 1 saturated carbocycles. The van der Waals surface area contributed by atoms with Gasteiger partial charge in [-0.05, 0) is 67.7 Å². The molecule has 0 heterocycles. The maximum absolute atomic E-state index is 12.9. The Kier molecular flexibility index (Phi) is 4.39. The molecule has 0 aromatic heterocycles. The van der Waals surface area contributed by atoms with E-state index in [-0.39, 0.29) is 11.2 Å². The number of rotatable bonds is 4. The van der Waals surface area contributed by atoms with Crippen LogP contribution in [0.5, 0.6) is 0 Å². The molecular formula is C16H24FN. The third-order valence-electron chi connectivity index (χ3n) is 4.67. The molecule has 100 valence electrons. The summed E-state index contributed by atoms with van der Waals surface area (Å²) in [5.41, 5.74) is 7.50. The minimum absolute atomic E-state index is 0.157. The van der Waals surface area contributed by atoms with E-state index in [1.807, 2.05) is 12.1 Å². The van der Waals surface area contributed by atoms with Gasteiger partial charge in [0.25, 0.3) is 0 Å². The summed E-state index contributed by atoms with van der Waals surface area (Å²) in [6, 6.07) is 6.91. The quantitative estimate of drug-likeness (QED) is 0.860. The van der Waals surface area contributed by atoms with Crippen molar-refractivity contribution in [1.82, 2.24) is 0 Å². The Morgan fingerprint density at radius 2 is 1.83 bits per heavy atom. The number of halogens is 1. The molecule has 0 radical (unpaired) electrons. The standard InChI is InChI=1S/C16H24FN/c1-2-13-7-9-16(12-18,10-8-13)11-14-3-5-15(17)6-4-14/h3-6,13H,2,7-12,18H2,1H3. The third-order valence-corrected chi connectivity index (χ3v) is 4.67. The first-order valence-electron chi connectivity index (χ1n) is 7.12. The fourth-order valence-electron chi connectivity index (χ4n) is 3.19. The fourth-order valence-corrected chi connectivity index (χ4v) is 3.19. The zero-order valence-electron chi connectivity index (χ0n) is 11.3. The van der Waals surface area contributed by atoms with Gasteiger partial charge in [0, 0.05) is 0 Å². The molecule has 0 bridgehead atoms. The number of hydrogen-bond acceptors (Lipinski definition) is 1. The van der Waals surface area contributed by atoms with E-state index in [0.29, 0.717) is 0 Å². The van der Waals surface area contributed by atoms with Crippen LogP contribution < -0.4 is 5.73 Å².